The van der Waals surface area contributed by atoms with Crippen LogP contribution in [0.5, 0.6) is 5.75 Å². The fourth-order valence-corrected chi connectivity index (χ4v) is 3.11. The van der Waals surface area contributed by atoms with E-state index in [9.17, 15) is 9.59 Å². The van der Waals surface area contributed by atoms with Gasteiger partial charge in [-0.05, 0) is 62.6 Å². The molecule has 0 spiro atoms. The van der Waals surface area contributed by atoms with Crippen LogP contribution in [0, 0.1) is 0 Å². The van der Waals surface area contributed by atoms with Crippen molar-refractivity contribution in [2.45, 2.75) is 39.2 Å². The molecule has 0 saturated heterocycles. The number of fused-ring (bicyclic) bond motifs is 1. The van der Waals surface area contributed by atoms with Gasteiger partial charge in [-0.1, -0.05) is 17.7 Å². The number of ether oxygens (including phenoxy) is 1. The predicted octanol–water partition coefficient (Wildman–Crippen LogP) is 4.90. The normalized spacial score (nSPS) is 13.5. The highest BCUT2D eigenvalue weighted by molar-refractivity contribution is 6.31. The third-order valence-electron chi connectivity index (χ3n) is 4.07. The number of amides is 1. The van der Waals surface area contributed by atoms with E-state index in [0.717, 1.165) is 18.4 Å². The van der Waals surface area contributed by atoms with Crippen LogP contribution in [0.1, 0.15) is 53.0 Å². The van der Waals surface area contributed by atoms with Crippen molar-refractivity contribution in [1.82, 2.24) is 0 Å². The Morgan fingerprint density at radius 3 is 2.72 bits per heavy atom. The van der Waals surface area contributed by atoms with Gasteiger partial charge in [0.15, 0.2) is 5.78 Å². The lowest BCUT2D eigenvalue weighted by Crippen LogP contribution is -2.17. The standard InChI is InChI=1S/C20H20ClNO3/c1-12(2)25-19-9-7-14(21)10-17(19)20(24)22-15-8-6-13-4-3-5-18(23)16(13)11-15/h6-12H,3-5H2,1-2H3,(H,22,24). The summed E-state index contributed by atoms with van der Waals surface area (Å²) in [7, 11) is 0. The zero-order chi connectivity index (χ0) is 18.0. The Morgan fingerprint density at radius 1 is 1.16 bits per heavy atom. The van der Waals surface area contributed by atoms with E-state index in [4.69, 9.17) is 16.3 Å². The molecule has 3 rings (SSSR count). The molecule has 4 nitrogen and oxygen atoms in total. The molecular weight excluding hydrogens is 338 g/mol. The molecule has 1 amide bonds. The number of nitrogens with one attached hydrogen (secondary N) is 1. The second-order valence-electron chi connectivity index (χ2n) is 6.41. The number of benzene rings is 2. The number of halogens is 1. The Balaban J connectivity index is 1.87. The van der Waals surface area contributed by atoms with Crippen molar-refractivity contribution in [2.24, 2.45) is 0 Å². The highest BCUT2D eigenvalue weighted by Gasteiger charge is 2.19. The molecule has 1 N–H and O–H groups in total. The molecule has 0 aromatic heterocycles. The number of carbonyl (C=O) groups excluding carboxylic acids is 2. The summed E-state index contributed by atoms with van der Waals surface area (Å²) < 4.78 is 5.69. The number of carbonyl (C=O) groups is 2. The first-order valence-electron chi connectivity index (χ1n) is 8.37. The Morgan fingerprint density at radius 2 is 1.96 bits per heavy atom. The van der Waals surface area contributed by atoms with Crippen molar-refractivity contribution in [1.29, 1.82) is 0 Å². The summed E-state index contributed by atoms with van der Waals surface area (Å²) in [5.41, 5.74) is 2.70. The number of aryl methyl sites for hydroxylation is 1. The summed E-state index contributed by atoms with van der Waals surface area (Å²) in [6.45, 7) is 3.79. The fraction of sp³-hybridized carbons (Fsp3) is 0.300. The molecule has 0 radical (unpaired) electrons. The molecule has 0 fully saturated rings. The first kappa shape index (κ1) is 17.5. The smallest absolute Gasteiger partial charge is 0.259 e. The molecule has 25 heavy (non-hydrogen) atoms. The highest BCUT2D eigenvalue weighted by Crippen LogP contribution is 2.27. The third kappa shape index (κ3) is 4.02. The summed E-state index contributed by atoms with van der Waals surface area (Å²) >= 11 is 6.03. The lowest BCUT2D eigenvalue weighted by Gasteiger charge is -2.17. The molecule has 130 valence electrons. The minimum Gasteiger partial charge on any atom is -0.490 e. The summed E-state index contributed by atoms with van der Waals surface area (Å²) in [6.07, 6.45) is 2.28. The minimum absolute atomic E-state index is 0.0610. The van der Waals surface area contributed by atoms with E-state index in [0.29, 0.717) is 34.0 Å². The van der Waals surface area contributed by atoms with Gasteiger partial charge in [-0.2, -0.15) is 0 Å². The van der Waals surface area contributed by atoms with Gasteiger partial charge in [-0.15, -0.1) is 0 Å². The van der Waals surface area contributed by atoms with Gasteiger partial charge in [0.2, 0.25) is 0 Å². The Hall–Kier alpha value is -2.33. The van der Waals surface area contributed by atoms with Crippen LogP contribution in [0.4, 0.5) is 5.69 Å². The van der Waals surface area contributed by atoms with Gasteiger partial charge in [-0.25, -0.2) is 0 Å². The van der Waals surface area contributed by atoms with Crippen molar-refractivity contribution in [3.63, 3.8) is 0 Å². The predicted molar refractivity (Wildman–Crippen MR) is 98.9 cm³/mol. The van der Waals surface area contributed by atoms with E-state index in [1.54, 1.807) is 24.3 Å². The van der Waals surface area contributed by atoms with Gasteiger partial charge < -0.3 is 10.1 Å². The van der Waals surface area contributed by atoms with Crippen LogP contribution >= 0.6 is 11.6 Å². The average molecular weight is 358 g/mol. The number of anilines is 1. The molecule has 5 heteroatoms. The largest absolute Gasteiger partial charge is 0.490 e. The lowest BCUT2D eigenvalue weighted by atomic mass is 9.90. The fourth-order valence-electron chi connectivity index (χ4n) is 2.94. The van der Waals surface area contributed by atoms with E-state index < -0.39 is 0 Å². The molecule has 1 aliphatic carbocycles. The SMILES string of the molecule is CC(C)Oc1ccc(Cl)cc1C(=O)Nc1ccc2c(c1)C(=O)CCC2. The molecule has 1 aliphatic rings. The molecule has 0 atom stereocenters. The quantitative estimate of drug-likeness (QED) is 0.846. The van der Waals surface area contributed by atoms with E-state index in [1.807, 2.05) is 26.0 Å². The second kappa shape index (κ2) is 7.28. The van der Waals surface area contributed by atoms with Crippen molar-refractivity contribution >= 4 is 29.0 Å². The van der Waals surface area contributed by atoms with Crippen molar-refractivity contribution in [2.75, 3.05) is 5.32 Å². The highest BCUT2D eigenvalue weighted by atomic mass is 35.5. The zero-order valence-electron chi connectivity index (χ0n) is 14.3. The van der Waals surface area contributed by atoms with Crippen LogP contribution in [-0.2, 0) is 6.42 Å². The molecule has 2 aromatic carbocycles. The van der Waals surface area contributed by atoms with Crippen LogP contribution in [0.25, 0.3) is 0 Å². The van der Waals surface area contributed by atoms with Gasteiger partial charge in [0, 0.05) is 22.7 Å². The molecule has 0 heterocycles. The number of hydrogen-bond acceptors (Lipinski definition) is 3. The molecular formula is C20H20ClNO3. The Labute approximate surface area is 152 Å². The van der Waals surface area contributed by atoms with Gasteiger partial charge in [0.25, 0.3) is 5.91 Å². The number of ketones is 1. The Bertz CT molecular complexity index is 830. The maximum absolute atomic E-state index is 12.7. The van der Waals surface area contributed by atoms with Crippen LogP contribution < -0.4 is 10.1 Å². The average Bonchev–Trinajstić information content (AvgIpc) is 2.57. The van der Waals surface area contributed by atoms with Crippen molar-refractivity contribution in [3.8, 4) is 5.75 Å². The topological polar surface area (TPSA) is 55.4 Å². The molecule has 0 bridgehead atoms. The van der Waals surface area contributed by atoms with Crippen molar-refractivity contribution in [3.05, 3.63) is 58.1 Å². The van der Waals surface area contributed by atoms with E-state index in [2.05, 4.69) is 5.32 Å². The van der Waals surface area contributed by atoms with Crippen LogP contribution in [0.2, 0.25) is 5.02 Å². The molecule has 0 saturated carbocycles. The van der Waals surface area contributed by atoms with Gasteiger partial charge in [0.05, 0.1) is 11.7 Å². The van der Waals surface area contributed by atoms with E-state index >= 15 is 0 Å². The maximum Gasteiger partial charge on any atom is 0.259 e. The first-order valence-corrected chi connectivity index (χ1v) is 8.75. The van der Waals surface area contributed by atoms with Gasteiger partial charge in [0.1, 0.15) is 5.75 Å². The minimum atomic E-state index is -0.318. The summed E-state index contributed by atoms with van der Waals surface area (Å²) in [6, 6.07) is 10.4. The van der Waals surface area contributed by atoms with E-state index in [1.165, 1.54) is 0 Å². The second-order valence-corrected chi connectivity index (χ2v) is 6.85. The summed E-state index contributed by atoms with van der Waals surface area (Å²) in [4.78, 5) is 24.7. The number of hydrogen-bond donors (Lipinski definition) is 1. The van der Waals surface area contributed by atoms with Crippen LogP contribution in [-0.4, -0.2) is 17.8 Å². The van der Waals surface area contributed by atoms with Gasteiger partial charge >= 0.3 is 0 Å². The lowest BCUT2D eigenvalue weighted by molar-refractivity contribution is 0.0970. The molecule has 2 aromatic rings. The molecule has 0 unspecified atom stereocenters. The Kier molecular flexibility index (Phi) is 5.09. The van der Waals surface area contributed by atoms with Crippen molar-refractivity contribution < 1.29 is 14.3 Å². The molecule has 0 aliphatic heterocycles. The maximum atomic E-state index is 12.7. The third-order valence-corrected chi connectivity index (χ3v) is 4.30. The monoisotopic (exact) mass is 357 g/mol. The first-order chi connectivity index (χ1) is 11.9. The van der Waals surface area contributed by atoms with E-state index in [-0.39, 0.29) is 17.8 Å². The number of rotatable bonds is 4. The van der Waals surface area contributed by atoms with Crippen LogP contribution in [0.15, 0.2) is 36.4 Å². The summed E-state index contributed by atoms with van der Waals surface area (Å²) in [5, 5.41) is 3.30. The number of Topliss-reactive ketones (excluding diaryl/α,β-unsaturated/α-hetero) is 1. The van der Waals surface area contributed by atoms with Crippen LogP contribution in [0.3, 0.4) is 0 Å². The zero-order valence-corrected chi connectivity index (χ0v) is 15.0. The van der Waals surface area contributed by atoms with Gasteiger partial charge in [-0.3, -0.25) is 9.59 Å². The summed E-state index contributed by atoms with van der Waals surface area (Å²) in [5.74, 6) is 0.288.